The number of fused-ring (bicyclic) bond motifs is 1. The van der Waals surface area contributed by atoms with Crippen molar-refractivity contribution in [1.29, 1.82) is 0 Å². The SMILES string of the molecule is COC[C@]12C[C@H]1[C@@](C)(c1cc(NC(=O)c3ccc(OCC(F)(F)F)cn3)ccc1F)N=C(N)S2. The average Bonchev–Trinajstić information content (AvgIpc) is 3.48. The number of ether oxygens (including phenoxy) is 2. The number of nitrogens with one attached hydrogen (secondary N) is 1. The smallest absolute Gasteiger partial charge is 0.422 e. The number of carbonyl (C=O) groups is 1. The zero-order valence-corrected chi connectivity index (χ0v) is 19.1. The van der Waals surface area contributed by atoms with E-state index in [1.54, 1.807) is 7.11 Å². The van der Waals surface area contributed by atoms with E-state index in [2.05, 4.69) is 20.0 Å². The fourth-order valence-corrected chi connectivity index (χ4v) is 5.73. The van der Waals surface area contributed by atoms with Gasteiger partial charge in [-0.15, -0.1) is 0 Å². The summed E-state index contributed by atoms with van der Waals surface area (Å²) in [6, 6.07) is 6.60. The Labute approximate surface area is 197 Å². The van der Waals surface area contributed by atoms with Gasteiger partial charge in [0.1, 0.15) is 17.3 Å². The number of anilines is 1. The molecule has 1 aromatic carbocycles. The summed E-state index contributed by atoms with van der Waals surface area (Å²) in [5.74, 6) is -1.22. The van der Waals surface area contributed by atoms with Gasteiger partial charge in [-0.05, 0) is 43.7 Å². The normalized spacial score (nSPS) is 25.8. The lowest BCUT2D eigenvalue weighted by Crippen LogP contribution is -2.37. The van der Waals surface area contributed by atoms with Crippen LogP contribution in [0.1, 0.15) is 29.4 Å². The summed E-state index contributed by atoms with van der Waals surface area (Å²) in [5.41, 5.74) is 5.69. The summed E-state index contributed by atoms with van der Waals surface area (Å²) in [4.78, 5) is 21.0. The second kappa shape index (κ2) is 8.73. The van der Waals surface area contributed by atoms with E-state index >= 15 is 0 Å². The van der Waals surface area contributed by atoms with Crippen LogP contribution in [0.15, 0.2) is 41.5 Å². The number of nitrogens with zero attached hydrogens (tertiary/aromatic N) is 2. The molecule has 1 aliphatic carbocycles. The van der Waals surface area contributed by atoms with Gasteiger partial charge in [-0.25, -0.2) is 9.37 Å². The van der Waals surface area contributed by atoms with E-state index in [1.807, 2.05) is 6.92 Å². The van der Waals surface area contributed by atoms with E-state index < -0.39 is 30.0 Å². The molecule has 0 saturated heterocycles. The number of benzene rings is 1. The Morgan fingerprint density at radius 1 is 1.32 bits per heavy atom. The van der Waals surface area contributed by atoms with Crippen molar-refractivity contribution in [2.75, 3.05) is 25.6 Å². The third kappa shape index (κ3) is 4.83. The molecule has 1 fully saturated rings. The minimum Gasteiger partial charge on any atom is -0.483 e. The van der Waals surface area contributed by atoms with Crippen LogP contribution in [0.2, 0.25) is 0 Å². The van der Waals surface area contributed by atoms with Crippen LogP contribution < -0.4 is 15.8 Å². The minimum absolute atomic E-state index is 0.00334. The molecule has 1 amide bonds. The lowest BCUT2D eigenvalue weighted by molar-refractivity contribution is -0.153. The van der Waals surface area contributed by atoms with Gasteiger partial charge in [0.05, 0.1) is 23.1 Å². The minimum atomic E-state index is -4.48. The Balaban J connectivity index is 1.52. The van der Waals surface area contributed by atoms with Crippen molar-refractivity contribution in [2.45, 2.75) is 29.8 Å². The second-order valence-corrected chi connectivity index (χ2v) is 9.82. The zero-order chi connectivity index (χ0) is 24.7. The van der Waals surface area contributed by atoms with E-state index in [0.29, 0.717) is 23.0 Å². The Kier molecular flexibility index (Phi) is 6.23. The predicted molar refractivity (Wildman–Crippen MR) is 119 cm³/mol. The van der Waals surface area contributed by atoms with E-state index in [4.69, 9.17) is 10.5 Å². The van der Waals surface area contributed by atoms with Gasteiger partial charge in [-0.1, -0.05) is 11.8 Å². The summed E-state index contributed by atoms with van der Waals surface area (Å²) < 4.78 is 61.4. The number of thioether (sulfide) groups is 1. The number of amidine groups is 1. The van der Waals surface area contributed by atoms with Crippen molar-refractivity contribution < 1.29 is 31.8 Å². The number of hydrogen-bond donors (Lipinski definition) is 2. The Bertz CT molecular complexity index is 1130. The third-order valence-electron chi connectivity index (χ3n) is 5.88. The highest BCUT2D eigenvalue weighted by Gasteiger charge is 2.66. The maximum atomic E-state index is 14.9. The van der Waals surface area contributed by atoms with Crippen LogP contribution in [-0.2, 0) is 10.3 Å². The number of rotatable bonds is 7. The van der Waals surface area contributed by atoms with Crippen LogP contribution >= 0.6 is 11.8 Å². The van der Waals surface area contributed by atoms with Crippen molar-refractivity contribution in [2.24, 2.45) is 16.6 Å². The van der Waals surface area contributed by atoms with Crippen molar-refractivity contribution in [1.82, 2.24) is 4.98 Å². The molecular weight excluding hydrogens is 476 g/mol. The van der Waals surface area contributed by atoms with E-state index in [1.165, 1.54) is 42.1 Å². The standard InChI is InChI=1S/C22H22F4N4O3S/c1-20(17-8-21(17,10-32-2)34-19(27)30-20)14-7-12(3-5-15(14)23)29-18(31)16-6-4-13(9-28-16)33-11-22(24,25)26/h3-7,9,17H,8,10-11H2,1-2H3,(H2,27,30)(H,29,31)/t17-,20+,21+/m0/s1. The van der Waals surface area contributed by atoms with E-state index in [9.17, 15) is 22.4 Å². The van der Waals surface area contributed by atoms with Gasteiger partial charge >= 0.3 is 6.18 Å². The maximum Gasteiger partial charge on any atom is 0.422 e. The molecule has 3 N–H and O–H groups in total. The highest BCUT2D eigenvalue weighted by atomic mass is 32.2. The van der Waals surface area contributed by atoms with Crippen molar-refractivity contribution in [3.05, 3.63) is 53.6 Å². The highest BCUT2D eigenvalue weighted by Crippen LogP contribution is 2.66. The van der Waals surface area contributed by atoms with E-state index in [0.717, 1.165) is 12.6 Å². The molecule has 4 rings (SSSR count). The maximum absolute atomic E-state index is 14.9. The van der Waals surface area contributed by atoms with Gasteiger partial charge in [0, 0.05) is 24.3 Å². The molecule has 1 saturated carbocycles. The summed E-state index contributed by atoms with van der Waals surface area (Å²) >= 11 is 1.44. The van der Waals surface area contributed by atoms with Crippen LogP contribution in [0.25, 0.3) is 0 Å². The molecule has 3 atom stereocenters. The summed E-state index contributed by atoms with van der Waals surface area (Å²) in [6.07, 6.45) is -2.70. The number of amides is 1. The first-order chi connectivity index (χ1) is 16.0. The number of aromatic nitrogens is 1. The number of aliphatic imine (C=N–C) groups is 1. The molecule has 7 nitrogen and oxygen atoms in total. The molecule has 0 radical (unpaired) electrons. The van der Waals surface area contributed by atoms with Gasteiger partial charge in [0.2, 0.25) is 0 Å². The van der Waals surface area contributed by atoms with Crippen molar-refractivity contribution >= 4 is 28.5 Å². The molecule has 0 unspecified atom stereocenters. The monoisotopic (exact) mass is 498 g/mol. The molecule has 1 aromatic heterocycles. The number of halogens is 4. The molecule has 12 heteroatoms. The number of pyridine rings is 1. The Morgan fingerprint density at radius 3 is 2.74 bits per heavy atom. The fraction of sp³-hybridized carbons (Fsp3) is 0.409. The lowest BCUT2D eigenvalue weighted by atomic mass is 9.85. The topological polar surface area (TPSA) is 98.8 Å². The van der Waals surface area contributed by atoms with Crippen molar-refractivity contribution in [3.63, 3.8) is 0 Å². The average molecular weight is 499 g/mol. The first-order valence-corrected chi connectivity index (χ1v) is 11.1. The summed E-state index contributed by atoms with van der Waals surface area (Å²) in [6.45, 7) is 0.808. The molecule has 0 bridgehead atoms. The first kappa shape index (κ1) is 24.3. The Hall–Kier alpha value is -2.86. The van der Waals surface area contributed by atoms with Crippen LogP contribution in [-0.4, -0.2) is 47.3 Å². The van der Waals surface area contributed by atoms with Gasteiger partial charge in [0.15, 0.2) is 11.8 Å². The molecule has 2 aliphatic rings. The van der Waals surface area contributed by atoms with Crippen LogP contribution in [0.4, 0.5) is 23.2 Å². The van der Waals surface area contributed by atoms with Crippen LogP contribution in [0, 0.1) is 11.7 Å². The molecule has 2 heterocycles. The third-order valence-corrected chi connectivity index (χ3v) is 7.16. The Morgan fingerprint density at radius 2 is 2.09 bits per heavy atom. The number of alkyl halides is 3. The molecule has 2 aromatic rings. The number of methoxy groups -OCH3 is 1. The fourth-order valence-electron chi connectivity index (χ4n) is 4.28. The largest absolute Gasteiger partial charge is 0.483 e. The van der Waals surface area contributed by atoms with Crippen LogP contribution in [0.3, 0.4) is 0 Å². The number of carbonyl (C=O) groups excluding carboxylic acids is 1. The van der Waals surface area contributed by atoms with E-state index in [-0.39, 0.29) is 22.1 Å². The highest BCUT2D eigenvalue weighted by molar-refractivity contribution is 8.15. The molecule has 182 valence electrons. The van der Waals surface area contributed by atoms with Gasteiger partial charge in [0.25, 0.3) is 5.91 Å². The summed E-state index contributed by atoms with van der Waals surface area (Å²) in [7, 11) is 1.60. The molecule has 34 heavy (non-hydrogen) atoms. The van der Waals surface area contributed by atoms with Crippen molar-refractivity contribution in [3.8, 4) is 5.75 Å². The quantitative estimate of drug-likeness (QED) is 0.558. The van der Waals surface area contributed by atoms with Crippen LogP contribution in [0.5, 0.6) is 5.75 Å². The molecule has 0 spiro atoms. The summed E-state index contributed by atoms with van der Waals surface area (Å²) in [5, 5.41) is 2.98. The zero-order valence-electron chi connectivity index (χ0n) is 18.3. The second-order valence-electron chi connectivity index (χ2n) is 8.39. The predicted octanol–water partition coefficient (Wildman–Crippen LogP) is 4.10. The van der Waals surface area contributed by atoms with Gasteiger partial charge in [-0.3, -0.25) is 9.79 Å². The number of nitrogens with two attached hydrogens (primary N) is 1. The molecule has 1 aliphatic heterocycles. The lowest BCUT2D eigenvalue weighted by Gasteiger charge is -2.34. The first-order valence-electron chi connectivity index (χ1n) is 10.3. The molecular formula is C22H22F4N4O3S. The van der Waals surface area contributed by atoms with Gasteiger partial charge < -0.3 is 20.5 Å². The van der Waals surface area contributed by atoms with Gasteiger partial charge in [-0.2, -0.15) is 13.2 Å². The number of hydrogen-bond acceptors (Lipinski definition) is 7.